The number of nitrogens with one attached hydrogen (secondary N) is 1. The Kier molecular flexibility index (Phi) is 7.67. The molecule has 0 saturated carbocycles. The third-order valence-electron chi connectivity index (χ3n) is 4.79. The van der Waals surface area contributed by atoms with Crippen LogP contribution >= 0.6 is 23.2 Å². The molecule has 0 aliphatic rings. The molecule has 0 bridgehead atoms. The Morgan fingerprint density at radius 3 is 2.57 bits per heavy atom. The number of hydrogen-bond donors (Lipinski definition) is 1. The van der Waals surface area contributed by atoms with E-state index >= 15 is 0 Å². The number of anilines is 1. The second-order valence-electron chi connectivity index (χ2n) is 6.97. The molecule has 0 aliphatic carbocycles. The Balaban J connectivity index is 1.84. The van der Waals surface area contributed by atoms with Crippen molar-refractivity contribution in [2.75, 3.05) is 12.4 Å². The number of ether oxygens (including phenoxy) is 2. The average Bonchev–Trinajstić information content (AvgIpc) is 2.74. The zero-order chi connectivity index (χ0) is 21.5. The summed E-state index contributed by atoms with van der Waals surface area (Å²) in [5.41, 5.74) is 5.15. The molecule has 0 fully saturated rings. The third kappa shape index (κ3) is 5.50. The first-order valence-corrected chi connectivity index (χ1v) is 10.4. The van der Waals surface area contributed by atoms with Crippen molar-refractivity contribution in [2.45, 2.75) is 26.5 Å². The van der Waals surface area contributed by atoms with Gasteiger partial charge in [-0.3, -0.25) is 0 Å². The van der Waals surface area contributed by atoms with Gasteiger partial charge in [-0.25, -0.2) is 0 Å². The van der Waals surface area contributed by atoms with Crippen LogP contribution in [-0.2, 0) is 19.6 Å². The molecular weight excluding hydrogens is 417 g/mol. The number of allylic oxidation sites excluding steroid dienone is 1. The molecule has 0 aromatic heterocycles. The van der Waals surface area contributed by atoms with Gasteiger partial charge in [0.1, 0.15) is 6.61 Å². The van der Waals surface area contributed by atoms with Crippen molar-refractivity contribution in [1.29, 1.82) is 0 Å². The summed E-state index contributed by atoms with van der Waals surface area (Å²) in [4.78, 5) is 0. The number of benzene rings is 3. The molecule has 3 aromatic rings. The van der Waals surface area contributed by atoms with Crippen LogP contribution in [0.25, 0.3) is 0 Å². The van der Waals surface area contributed by atoms with Crippen LogP contribution in [0.15, 0.2) is 67.3 Å². The first kappa shape index (κ1) is 22.1. The van der Waals surface area contributed by atoms with Crippen LogP contribution in [0.2, 0.25) is 10.0 Å². The molecule has 3 nitrogen and oxygen atoms in total. The predicted octanol–water partition coefficient (Wildman–Crippen LogP) is 7.23. The lowest BCUT2D eigenvalue weighted by Crippen LogP contribution is -2.05. The van der Waals surface area contributed by atoms with E-state index in [1.54, 1.807) is 7.11 Å². The van der Waals surface area contributed by atoms with Gasteiger partial charge in [0.05, 0.1) is 7.11 Å². The molecule has 0 radical (unpaired) electrons. The van der Waals surface area contributed by atoms with E-state index < -0.39 is 0 Å². The molecule has 30 heavy (non-hydrogen) atoms. The van der Waals surface area contributed by atoms with Gasteiger partial charge in [0.25, 0.3) is 0 Å². The lowest BCUT2D eigenvalue weighted by Gasteiger charge is -2.18. The zero-order valence-corrected chi connectivity index (χ0v) is 18.7. The monoisotopic (exact) mass is 441 g/mol. The van der Waals surface area contributed by atoms with Crippen LogP contribution in [0.3, 0.4) is 0 Å². The molecule has 0 unspecified atom stereocenters. The maximum absolute atomic E-state index is 6.27. The summed E-state index contributed by atoms with van der Waals surface area (Å²) in [6.07, 6.45) is 2.52. The summed E-state index contributed by atoms with van der Waals surface area (Å²) in [7, 11) is 1.65. The van der Waals surface area contributed by atoms with E-state index in [0.29, 0.717) is 41.1 Å². The molecule has 3 rings (SSSR count). The summed E-state index contributed by atoms with van der Waals surface area (Å²) in [5.74, 6) is 1.39. The average molecular weight is 442 g/mol. The third-order valence-corrected chi connectivity index (χ3v) is 5.39. The highest BCUT2D eigenvalue weighted by Gasteiger charge is 2.14. The number of methoxy groups -OCH3 is 1. The maximum atomic E-state index is 6.27. The van der Waals surface area contributed by atoms with Gasteiger partial charge < -0.3 is 14.8 Å². The topological polar surface area (TPSA) is 30.5 Å². The normalized spacial score (nSPS) is 10.5. The highest BCUT2D eigenvalue weighted by molar-refractivity contribution is 6.31. The van der Waals surface area contributed by atoms with Gasteiger partial charge in [-0.2, -0.15) is 0 Å². The molecule has 0 amide bonds. The standard InChI is InChI=1S/C25H25Cl2NO2/c1-4-7-19-12-18(15-28-23-14-21(26)11-10-17(23)2)13-24(29-3)25(19)30-16-20-8-5-6-9-22(20)27/h4-6,8-14,28H,1,7,15-16H2,2-3H3. The number of halogens is 2. The lowest BCUT2D eigenvalue weighted by molar-refractivity contribution is 0.282. The quantitative estimate of drug-likeness (QED) is 0.355. The van der Waals surface area contributed by atoms with E-state index in [1.165, 1.54) is 0 Å². The van der Waals surface area contributed by atoms with Gasteiger partial charge in [-0.05, 0) is 54.8 Å². The Labute approximate surface area is 188 Å². The van der Waals surface area contributed by atoms with Crippen LogP contribution in [0, 0.1) is 6.92 Å². The first-order chi connectivity index (χ1) is 14.5. The summed E-state index contributed by atoms with van der Waals surface area (Å²) in [5, 5.41) is 4.84. The van der Waals surface area contributed by atoms with Gasteiger partial charge in [0.15, 0.2) is 11.5 Å². The highest BCUT2D eigenvalue weighted by atomic mass is 35.5. The molecule has 5 heteroatoms. The number of hydrogen-bond acceptors (Lipinski definition) is 3. The molecule has 0 saturated heterocycles. The fourth-order valence-electron chi connectivity index (χ4n) is 3.20. The number of aryl methyl sites for hydroxylation is 1. The van der Waals surface area contributed by atoms with Gasteiger partial charge >= 0.3 is 0 Å². The summed E-state index contributed by atoms with van der Waals surface area (Å²) in [6.45, 7) is 6.92. The highest BCUT2D eigenvalue weighted by Crippen LogP contribution is 2.35. The van der Waals surface area contributed by atoms with Gasteiger partial charge in [-0.1, -0.05) is 53.5 Å². The van der Waals surface area contributed by atoms with Crippen molar-refractivity contribution in [1.82, 2.24) is 0 Å². The largest absolute Gasteiger partial charge is 0.493 e. The predicted molar refractivity (Wildman–Crippen MR) is 126 cm³/mol. The van der Waals surface area contributed by atoms with Crippen molar-refractivity contribution in [3.63, 3.8) is 0 Å². The van der Waals surface area contributed by atoms with E-state index in [2.05, 4.69) is 18.0 Å². The van der Waals surface area contributed by atoms with Gasteiger partial charge in [-0.15, -0.1) is 6.58 Å². The number of rotatable bonds is 9. The van der Waals surface area contributed by atoms with Crippen LogP contribution < -0.4 is 14.8 Å². The molecular formula is C25H25Cl2NO2. The van der Waals surface area contributed by atoms with E-state index in [9.17, 15) is 0 Å². The molecule has 156 valence electrons. The van der Waals surface area contributed by atoms with Gasteiger partial charge in [0, 0.05) is 33.4 Å². The SMILES string of the molecule is C=CCc1cc(CNc2cc(Cl)ccc2C)cc(OC)c1OCc1ccccc1Cl. The van der Waals surface area contributed by atoms with Crippen molar-refractivity contribution < 1.29 is 9.47 Å². The smallest absolute Gasteiger partial charge is 0.165 e. The molecule has 3 aromatic carbocycles. The van der Waals surface area contributed by atoms with Crippen molar-refractivity contribution >= 4 is 28.9 Å². The summed E-state index contributed by atoms with van der Waals surface area (Å²) in [6, 6.07) is 17.6. The van der Waals surface area contributed by atoms with Crippen LogP contribution in [0.4, 0.5) is 5.69 Å². The molecule has 0 atom stereocenters. The Morgan fingerprint density at radius 1 is 1.03 bits per heavy atom. The van der Waals surface area contributed by atoms with E-state index in [4.69, 9.17) is 32.7 Å². The minimum Gasteiger partial charge on any atom is -0.493 e. The lowest BCUT2D eigenvalue weighted by atomic mass is 10.0. The second-order valence-corrected chi connectivity index (χ2v) is 7.82. The van der Waals surface area contributed by atoms with E-state index in [-0.39, 0.29) is 0 Å². The van der Waals surface area contributed by atoms with E-state index in [0.717, 1.165) is 27.9 Å². The van der Waals surface area contributed by atoms with Crippen LogP contribution in [0.5, 0.6) is 11.5 Å². The van der Waals surface area contributed by atoms with E-state index in [1.807, 2.05) is 61.5 Å². The molecule has 1 N–H and O–H groups in total. The van der Waals surface area contributed by atoms with Crippen molar-refractivity contribution in [2.24, 2.45) is 0 Å². The molecule has 0 aliphatic heterocycles. The molecule has 0 heterocycles. The first-order valence-electron chi connectivity index (χ1n) is 9.68. The molecule has 0 spiro atoms. The van der Waals surface area contributed by atoms with Gasteiger partial charge in [0.2, 0.25) is 0 Å². The maximum Gasteiger partial charge on any atom is 0.165 e. The van der Waals surface area contributed by atoms with Crippen molar-refractivity contribution in [3.05, 3.63) is 99.6 Å². The van der Waals surface area contributed by atoms with Crippen LogP contribution in [0.1, 0.15) is 22.3 Å². The summed E-state index contributed by atoms with van der Waals surface area (Å²) < 4.78 is 11.8. The fourth-order valence-corrected chi connectivity index (χ4v) is 3.56. The van der Waals surface area contributed by atoms with Crippen molar-refractivity contribution in [3.8, 4) is 11.5 Å². The van der Waals surface area contributed by atoms with Crippen LogP contribution in [-0.4, -0.2) is 7.11 Å². The minimum atomic E-state index is 0.361. The second kappa shape index (κ2) is 10.4. The minimum absolute atomic E-state index is 0.361. The summed E-state index contributed by atoms with van der Waals surface area (Å²) >= 11 is 12.4. The zero-order valence-electron chi connectivity index (χ0n) is 17.2. The fraction of sp³-hybridized carbons (Fsp3) is 0.200. The Hall–Kier alpha value is -2.62. The Morgan fingerprint density at radius 2 is 1.83 bits per heavy atom. The Bertz CT molecular complexity index is 1030.